The van der Waals surface area contributed by atoms with E-state index < -0.39 is 34.4 Å². The fourth-order valence-electron chi connectivity index (χ4n) is 2.65. The number of carboxylic acids is 1. The summed E-state index contributed by atoms with van der Waals surface area (Å²) in [5.41, 5.74) is 0.699. The topological polar surface area (TPSA) is 146 Å². The van der Waals surface area contributed by atoms with E-state index in [0.29, 0.717) is 31.9 Å². The van der Waals surface area contributed by atoms with Crippen LogP contribution in [0.3, 0.4) is 0 Å². The van der Waals surface area contributed by atoms with Gasteiger partial charge in [-0.25, -0.2) is 9.80 Å². The molecule has 0 spiro atoms. The summed E-state index contributed by atoms with van der Waals surface area (Å²) in [6.07, 6.45) is -1.56. The summed E-state index contributed by atoms with van der Waals surface area (Å²) < 4.78 is 37.5. The Morgan fingerprint density at radius 2 is 1.90 bits per heavy atom. The molecular formula is C17H26N4O7S. The molecule has 1 heterocycles. The molecule has 1 aromatic carbocycles. The molecule has 0 aromatic heterocycles. The third kappa shape index (κ3) is 8.04. The molecule has 12 heteroatoms. The molecular weight excluding hydrogens is 404 g/mol. The minimum Gasteiger partial charge on any atom is -0.478 e. The Kier molecular flexibility index (Phi) is 8.95. The van der Waals surface area contributed by atoms with E-state index in [1.165, 1.54) is 5.01 Å². The van der Waals surface area contributed by atoms with Crippen molar-refractivity contribution in [1.29, 1.82) is 0 Å². The number of hydrogen-bond acceptors (Lipinski definition) is 7. The Morgan fingerprint density at radius 3 is 2.48 bits per heavy atom. The number of hydrazine groups is 1. The third-order valence-electron chi connectivity index (χ3n) is 3.99. The van der Waals surface area contributed by atoms with Crippen molar-refractivity contribution in [2.75, 3.05) is 32.9 Å². The van der Waals surface area contributed by atoms with Gasteiger partial charge in [0.25, 0.3) is 10.2 Å². The molecule has 2 rings (SSSR count). The van der Waals surface area contributed by atoms with E-state index in [2.05, 4.69) is 14.9 Å². The zero-order chi connectivity index (χ0) is 21.3. The Bertz CT molecular complexity index is 769. The quantitative estimate of drug-likeness (QED) is 0.321. The van der Waals surface area contributed by atoms with Crippen molar-refractivity contribution in [2.45, 2.75) is 25.6 Å². The maximum absolute atomic E-state index is 12.7. The number of aliphatic carboxylic acids is 1. The maximum atomic E-state index is 12.7. The van der Waals surface area contributed by atoms with Crippen LogP contribution in [0.5, 0.6) is 0 Å². The van der Waals surface area contributed by atoms with Crippen LogP contribution in [0.4, 0.5) is 0 Å². The Labute approximate surface area is 169 Å². The lowest BCUT2D eigenvalue weighted by atomic mass is 10.1. The number of carbonyl (C=O) groups is 2. The van der Waals surface area contributed by atoms with Gasteiger partial charge in [0, 0.05) is 19.7 Å². The monoisotopic (exact) mass is 430 g/mol. The molecule has 0 radical (unpaired) electrons. The predicted octanol–water partition coefficient (Wildman–Crippen LogP) is -1.17. The van der Waals surface area contributed by atoms with E-state index in [1.54, 1.807) is 37.3 Å². The molecule has 0 aliphatic carbocycles. The summed E-state index contributed by atoms with van der Waals surface area (Å²) in [7, 11) is -4.09. The van der Waals surface area contributed by atoms with Gasteiger partial charge in [0.15, 0.2) is 0 Å². The summed E-state index contributed by atoms with van der Waals surface area (Å²) in [6.45, 7) is 3.13. The van der Waals surface area contributed by atoms with Crippen LogP contribution in [0.25, 0.3) is 0 Å². The molecule has 1 amide bonds. The van der Waals surface area contributed by atoms with Crippen molar-refractivity contribution in [1.82, 2.24) is 19.9 Å². The van der Waals surface area contributed by atoms with Crippen molar-refractivity contribution in [3.8, 4) is 0 Å². The molecule has 1 saturated heterocycles. The number of nitrogens with one attached hydrogen (secondary N) is 3. The van der Waals surface area contributed by atoms with Gasteiger partial charge < -0.3 is 19.9 Å². The van der Waals surface area contributed by atoms with E-state index >= 15 is 0 Å². The average Bonchev–Trinajstić information content (AvgIpc) is 2.68. The first-order valence-corrected chi connectivity index (χ1v) is 10.6. The average molecular weight is 430 g/mol. The predicted molar refractivity (Wildman–Crippen MR) is 103 cm³/mol. The molecule has 2 atom stereocenters. The first kappa shape index (κ1) is 23.2. The van der Waals surface area contributed by atoms with E-state index in [1.807, 2.05) is 0 Å². The molecule has 0 bridgehead atoms. The first-order valence-electron chi connectivity index (χ1n) is 9.12. The van der Waals surface area contributed by atoms with Crippen LogP contribution in [0.1, 0.15) is 12.5 Å². The summed E-state index contributed by atoms with van der Waals surface area (Å²) in [5.74, 6) is -2.20. The molecule has 11 nitrogen and oxygen atoms in total. The molecule has 1 unspecified atom stereocenters. The third-order valence-corrected chi connectivity index (χ3v) is 5.08. The summed E-state index contributed by atoms with van der Waals surface area (Å²) in [5, 5.41) is 12.8. The van der Waals surface area contributed by atoms with Gasteiger partial charge in [-0.05, 0) is 18.9 Å². The highest BCUT2D eigenvalue weighted by atomic mass is 32.2. The molecule has 0 saturated carbocycles. The van der Waals surface area contributed by atoms with Crippen LogP contribution >= 0.6 is 0 Å². The Balaban J connectivity index is 2.12. The van der Waals surface area contributed by atoms with Gasteiger partial charge in [-0.15, -0.1) is 4.83 Å². The zero-order valence-corrected chi connectivity index (χ0v) is 16.9. The lowest BCUT2D eigenvalue weighted by Crippen LogP contribution is -2.58. The van der Waals surface area contributed by atoms with E-state index in [0.717, 1.165) is 0 Å². The second-order valence-corrected chi connectivity index (χ2v) is 7.66. The second kappa shape index (κ2) is 11.2. The lowest BCUT2D eigenvalue weighted by molar-refractivity contribution is -0.155. The number of benzene rings is 1. The highest BCUT2D eigenvalue weighted by Crippen LogP contribution is 2.06. The number of nitrogens with zero attached hydrogens (tertiary/aromatic N) is 1. The van der Waals surface area contributed by atoms with Crippen LogP contribution in [0.2, 0.25) is 0 Å². The smallest absolute Gasteiger partial charge is 0.354 e. The number of rotatable bonds is 11. The van der Waals surface area contributed by atoms with Crippen molar-refractivity contribution in [3.63, 3.8) is 0 Å². The van der Waals surface area contributed by atoms with Gasteiger partial charge in [0.1, 0.15) is 6.04 Å². The zero-order valence-electron chi connectivity index (χ0n) is 16.0. The molecule has 162 valence electrons. The van der Waals surface area contributed by atoms with Gasteiger partial charge in [0.2, 0.25) is 12.1 Å². The molecule has 1 aliphatic rings. The summed E-state index contributed by atoms with van der Waals surface area (Å²) in [6, 6.07) is 7.52. The van der Waals surface area contributed by atoms with Gasteiger partial charge in [-0.2, -0.15) is 13.1 Å². The standard InChI is InChI=1S/C17H26N4O7S/c1-2-28-16(17(23)24)18-15(22)14(12-13-6-4-3-5-7-13)19-29(25,26)20-21-8-10-27-11-9-21/h3-7,14,16,19-20H,2,8-12H2,1H3,(H,18,22)(H,23,24)/t14-,16?/m0/s1. The van der Waals surface area contributed by atoms with Crippen molar-refractivity contribution in [3.05, 3.63) is 35.9 Å². The number of ether oxygens (including phenoxy) is 2. The second-order valence-electron chi connectivity index (χ2n) is 6.24. The Morgan fingerprint density at radius 1 is 1.24 bits per heavy atom. The largest absolute Gasteiger partial charge is 0.478 e. The van der Waals surface area contributed by atoms with Crippen molar-refractivity contribution in [2.24, 2.45) is 0 Å². The van der Waals surface area contributed by atoms with Gasteiger partial charge in [0.05, 0.1) is 13.2 Å². The number of amides is 1. The minimum absolute atomic E-state index is 0.0230. The number of morpholine rings is 1. The van der Waals surface area contributed by atoms with Crippen LogP contribution in [-0.4, -0.2) is 75.6 Å². The van der Waals surface area contributed by atoms with Crippen LogP contribution in [0, 0.1) is 0 Å². The highest BCUT2D eigenvalue weighted by molar-refractivity contribution is 7.87. The van der Waals surface area contributed by atoms with E-state index in [9.17, 15) is 18.0 Å². The lowest BCUT2D eigenvalue weighted by Gasteiger charge is -2.28. The highest BCUT2D eigenvalue weighted by Gasteiger charge is 2.30. The molecule has 29 heavy (non-hydrogen) atoms. The van der Waals surface area contributed by atoms with E-state index in [4.69, 9.17) is 14.6 Å². The number of carbonyl (C=O) groups excluding carboxylic acids is 1. The summed E-state index contributed by atoms with van der Waals surface area (Å²) in [4.78, 5) is 26.3. The SMILES string of the molecule is CCOC(NC(=O)[C@H](Cc1ccccc1)NS(=O)(=O)NN1CCOCC1)C(=O)O. The normalized spacial score (nSPS) is 17.4. The van der Waals surface area contributed by atoms with Crippen LogP contribution in [-0.2, 0) is 35.7 Å². The first-order chi connectivity index (χ1) is 13.8. The van der Waals surface area contributed by atoms with Crippen molar-refractivity contribution >= 4 is 22.1 Å². The number of hydrogen-bond donors (Lipinski definition) is 4. The van der Waals surface area contributed by atoms with E-state index in [-0.39, 0.29) is 13.0 Å². The van der Waals surface area contributed by atoms with Crippen LogP contribution in [0.15, 0.2) is 30.3 Å². The molecule has 1 fully saturated rings. The van der Waals surface area contributed by atoms with Gasteiger partial charge in [-0.3, -0.25) is 4.79 Å². The van der Waals surface area contributed by atoms with Crippen LogP contribution < -0.4 is 14.9 Å². The van der Waals surface area contributed by atoms with Gasteiger partial charge in [-0.1, -0.05) is 30.3 Å². The van der Waals surface area contributed by atoms with Gasteiger partial charge >= 0.3 is 5.97 Å². The maximum Gasteiger partial charge on any atom is 0.354 e. The molecule has 1 aliphatic heterocycles. The Hall–Kier alpha value is -2.09. The minimum atomic E-state index is -4.09. The fourth-order valence-corrected chi connectivity index (χ4v) is 3.79. The fraction of sp³-hybridized carbons (Fsp3) is 0.529. The number of carboxylic acid groups (broad SMARTS) is 1. The molecule has 4 N–H and O–H groups in total. The molecule has 1 aromatic rings. The summed E-state index contributed by atoms with van der Waals surface area (Å²) >= 11 is 0. The van der Waals surface area contributed by atoms with Crippen molar-refractivity contribution < 1.29 is 32.6 Å².